The molecule has 0 aromatic rings. The zero-order chi connectivity index (χ0) is 13.6. The molecule has 0 fully saturated rings. The Balaban J connectivity index is 5.07. The van der Waals surface area contributed by atoms with E-state index in [2.05, 4.69) is 30.1 Å². The van der Waals surface area contributed by atoms with Crippen molar-refractivity contribution in [1.29, 1.82) is 0 Å². The second-order valence-electron chi connectivity index (χ2n) is 2.94. The van der Waals surface area contributed by atoms with Crippen molar-refractivity contribution in [3.63, 3.8) is 0 Å². The maximum absolute atomic E-state index is 11.6. The molecule has 0 saturated heterocycles. The van der Waals surface area contributed by atoms with Crippen LogP contribution in [0, 0.1) is 0 Å². The van der Waals surface area contributed by atoms with Gasteiger partial charge in [0.25, 0.3) is 0 Å². The lowest BCUT2D eigenvalue weighted by Crippen LogP contribution is -2.33. The van der Waals surface area contributed by atoms with Crippen LogP contribution in [0.2, 0.25) is 0 Å². The summed E-state index contributed by atoms with van der Waals surface area (Å²) in [5.41, 5.74) is -0.707. The number of ketones is 1. The first-order chi connectivity index (χ1) is 7.72. The smallest absolute Gasteiger partial charge is 0.379 e. The summed E-state index contributed by atoms with van der Waals surface area (Å²) in [7, 11) is -2.88. The minimum Gasteiger partial charge on any atom is -0.398 e. The van der Waals surface area contributed by atoms with E-state index in [9.17, 15) is 18.0 Å². The maximum atomic E-state index is 11.6. The molecule has 0 aromatic carbocycles. The van der Waals surface area contributed by atoms with Crippen LogP contribution in [0.1, 0.15) is 13.3 Å². The van der Waals surface area contributed by atoms with Gasteiger partial charge in [-0.25, -0.2) is 4.79 Å². The van der Waals surface area contributed by atoms with Crippen molar-refractivity contribution < 1.29 is 27.0 Å². The summed E-state index contributed by atoms with van der Waals surface area (Å²) in [5, 5.41) is 3.18. The monoisotopic (exact) mass is 329 g/mol. The molecule has 1 atom stereocenters. The van der Waals surface area contributed by atoms with Crippen molar-refractivity contribution >= 4 is 43.5 Å². The molecule has 7 nitrogen and oxygen atoms in total. The number of Topliss-reactive ketones (excluding diaryl/α,β-unsaturated/α-hetero) is 1. The van der Waals surface area contributed by atoms with Crippen LogP contribution in [0.5, 0.6) is 0 Å². The van der Waals surface area contributed by atoms with Crippen LogP contribution in [0.15, 0.2) is 5.16 Å². The first-order valence-electron chi connectivity index (χ1n) is 4.46. The van der Waals surface area contributed by atoms with Crippen LogP contribution in [0.4, 0.5) is 0 Å². The molecule has 0 spiro atoms. The number of halogens is 1. The van der Waals surface area contributed by atoms with Crippen molar-refractivity contribution in [3.05, 3.63) is 0 Å². The van der Waals surface area contributed by atoms with Crippen LogP contribution in [0.25, 0.3) is 0 Å². The summed E-state index contributed by atoms with van der Waals surface area (Å²) in [6.07, 6.45) is 1.08. The molecule has 0 aromatic heterocycles. The first-order valence-corrected chi connectivity index (χ1v) is 7.19. The van der Waals surface area contributed by atoms with Gasteiger partial charge in [-0.1, -0.05) is 28.0 Å². The van der Waals surface area contributed by atoms with E-state index in [0.717, 1.165) is 7.11 Å². The van der Waals surface area contributed by atoms with Crippen LogP contribution < -0.4 is 0 Å². The molecule has 0 saturated carbocycles. The Bertz CT molecular complexity index is 429. The summed E-state index contributed by atoms with van der Waals surface area (Å²) in [6.45, 7) is 1.70. The molecule has 1 unspecified atom stereocenters. The van der Waals surface area contributed by atoms with Crippen molar-refractivity contribution in [2.75, 3.05) is 13.4 Å². The highest BCUT2D eigenvalue weighted by atomic mass is 79.9. The zero-order valence-corrected chi connectivity index (χ0v) is 11.9. The third-order valence-corrected chi connectivity index (χ3v) is 3.00. The van der Waals surface area contributed by atoms with E-state index >= 15 is 0 Å². The van der Waals surface area contributed by atoms with Crippen LogP contribution in [-0.4, -0.2) is 44.1 Å². The third-order valence-electron chi connectivity index (χ3n) is 1.48. The van der Waals surface area contributed by atoms with Crippen molar-refractivity contribution in [2.45, 2.75) is 18.2 Å². The van der Waals surface area contributed by atoms with Crippen molar-refractivity contribution in [2.24, 2.45) is 5.16 Å². The minimum atomic E-state index is -4.01. The SMILES string of the molecule is CCC(Br)C(=O)C(=NOC)C(=O)OS(C)(=O)=O. The van der Waals surface area contributed by atoms with Crippen LogP contribution >= 0.6 is 15.9 Å². The number of nitrogens with zero attached hydrogens (tertiary/aromatic N) is 1. The van der Waals surface area contributed by atoms with Crippen LogP contribution in [0.3, 0.4) is 0 Å². The number of alkyl halides is 1. The van der Waals surface area contributed by atoms with E-state index in [4.69, 9.17) is 0 Å². The Morgan fingerprint density at radius 1 is 1.41 bits per heavy atom. The maximum Gasteiger partial charge on any atom is 0.379 e. The summed E-state index contributed by atoms with van der Waals surface area (Å²) < 4.78 is 25.5. The van der Waals surface area contributed by atoms with Gasteiger partial charge in [-0.2, -0.15) is 8.42 Å². The highest BCUT2D eigenvalue weighted by molar-refractivity contribution is 9.10. The van der Waals surface area contributed by atoms with E-state index in [0.29, 0.717) is 12.7 Å². The van der Waals surface area contributed by atoms with Gasteiger partial charge in [-0.15, -0.1) is 0 Å². The van der Waals surface area contributed by atoms with E-state index in [-0.39, 0.29) is 0 Å². The van der Waals surface area contributed by atoms with E-state index < -0.39 is 32.4 Å². The summed E-state index contributed by atoms with van der Waals surface area (Å²) in [4.78, 5) is 26.6. The molecule has 0 aliphatic rings. The van der Waals surface area contributed by atoms with E-state index in [1.54, 1.807) is 6.92 Å². The number of hydrogen-bond donors (Lipinski definition) is 0. The molecule has 9 heteroatoms. The molecule has 0 aliphatic carbocycles. The predicted octanol–water partition coefficient (Wildman–Crippen LogP) is 0.234. The summed E-state index contributed by atoms with van der Waals surface area (Å²) in [5.74, 6) is -2.07. The van der Waals surface area contributed by atoms with Gasteiger partial charge in [0.1, 0.15) is 7.11 Å². The highest BCUT2D eigenvalue weighted by Crippen LogP contribution is 2.08. The van der Waals surface area contributed by atoms with Gasteiger partial charge in [0.2, 0.25) is 11.5 Å². The number of hydrogen-bond acceptors (Lipinski definition) is 7. The highest BCUT2D eigenvalue weighted by Gasteiger charge is 2.30. The Morgan fingerprint density at radius 2 is 1.94 bits per heavy atom. The first kappa shape index (κ1) is 16.0. The predicted molar refractivity (Wildman–Crippen MR) is 63.4 cm³/mol. The number of oxime groups is 1. The molecular formula is C8H12BrNO6S. The molecule has 0 radical (unpaired) electrons. The Kier molecular flexibility index (Phi) is 6.32. The quantitative estimate of drug-likeness (QED) is 0.227. The summed E-state index contributed by atoms with van der Waals surface area (Å²) in [6, 6.07) is 0. The molecule has 0 N–H and O–H groups in total. The van der Waals surface area contributed by atoms with Gasteiger partial charge in [0.15, 0.2) is 0 Å². The molecule has 98 valence electrons. The number of rotatable bonds is 6. The standard InChI is InChI=1S/C8H12BrNO6S/c1-4-5(9)7(11)6(10-15-2)8(12)16-17(3,13)14/h5H,4H2,1-3H3. The van der Waals surface area contributed by atoms with E-state index in [1.807, 2.05) is 0 Å². The number of carbonyl (C=O) groups excluding carboxylic acids is 2. The van der Waals surface area contributed by atoms with Gasteiger partial charge in [0, 0.05) is 0 Å². The topological polar surface area (TPSA) is 99.1 Å². The molecule has 0 heterocycles. The minimum absolute atomic E-state index is 0.397. The fourth-order valence-corrected chi connectivity index (χ4v) is 1.36. The average Bonchev–Trinajstić information content (AvgIpc) is 2.21. The lowest BCUT2D eigenvalue weighted by Gasteiger charge is -2.07. The van der Waals surface area contributed by atoms with Crippen molar-refractivity contribution in [3.8, 4) is 0 Å². The Hall–Kier alpha value is -0.960. The van der Waals surface area contributed by atoms with Gasteiger partial charge in [0.05, 0.1) is 11.1 Å². The molecule has 17 heavy (non-hydrogen) atoms. The molecule has 0 rings (SSSR count). The third kappa shape index (κ3) is 5.78. The largest absolute Gasteiger partial charge is 0.398 e. The van der Waals surface area contributed by atoms with Gasteiger partial charge in [-0.05, 0) is 6.42 Å². The fourth-order valence-electron chi connectivity index (χ4n) is 0.785. The van der Waals surface area contributed by atoms with Gasteiger partial charge < -0.3 is 9.02 Å². The lowest BCUT2D eigenvalue weighted by atomic mass is 10.1. The Morgan fingerprint density at radius 3 is 2.29 bits per heavy atom. The second-order valence-corrected chi connectivity index (χ2v) is 5.62. The zero-order valence-electron chi connectivity index (χ0n) is 9.47. The van der Waals surface area contributed by atoms with Crippen LogP contribution in [-0.2, 0) is 28.7 Å². The van der Waals surface area contributed by atoms with E-state index in [1.165, 1.54) is 0 Å². The number of carbonyl (C=O) groups is 2. The van der Waals surface area contributed by atoms with Crippen molar-refractivity contribution in [1.82, 2.24) is 0 Å². The molecule has 0 bridgehead atoms. The second kappa shape index (κ2) is 6.70. The molecule has 0 amide bonds. The van der Waals surface area contributed by atoms with Gasteiger partial charge >= 0.3 is 16.1 Å². The average molecular weight is 330 g/mol. The normalized spacial score (nSPS) is 14.0. The van der Waals surface area contributed by atoms with Gasteiger partial charge in [-0.3, -0.25) is 4.79 Å². The molecule has 0 aliphatic heterocycles. The molecular weight excluding hydrogens is 318 g/mol. The Labute approximate surface area is 107 Å². The summed E-state index contributed by atoms with van der Waals surface area (Å²) >= 11 is 3.02. The lowest BCUT2D eigenvalue weighted by molar-refractivity contribution is -0.127. The fraction of sp³-hybridized carbons (Fsp3) is 0.625.